The number of rotatable bonds is 5. The van der Waals surface area contributed by atoms with Crippen LogP contribution in [0, 0.1) is 6.92 Å². The highest BCUT2D eigenvalue weighted by Gasteiger charge is 2.12. The molecule has 130 valence electrons. The maximum absolute atomic E-state index is 12.4. The number of fused-ring (bicyclic) bond motifs is 1. The molecule has 6 nitrogen and oxygen atoms in total. The Morgan fingerprint density at radius 3 is 2.96 bits per heavy atom. The van der Waals surface area contributed by atoms with Gasteiger partial charge in [0.2, 0.25) is 5.91 Å². The van der Waals surface area contributed by atoms with Crippen molar-refractivity contribution in [1.82, 2.24) is 18.3 Å². The van der Waals surface area contributed by atoms with Crippen molar-refractivity contribution >= 4 is 46.1 Å². The number of carbonyl (C=O) groups is 1. The van der Waals surface area contributed by atoms with Gasteiger partial charge in [-0.15, -0.1) is 0 Å². The van der Waals surface area contributed by atoms with Gasteiger partial charge in [0.25, 0.3) is 0 Å². The summed E-state index contributed by atoms with van der Waals surface area (Å²) >= 11 is 2.54. The zero-order valence-corrected chi connectivity index (χ0v) is 15.5. The van der Waals surface area contributed by atoms with Crippen LogP contribution in [0.1, 0.15) is 5.56 Å². The molecule has 26 heavy (non-hydrogen) atoms. The number of amides is 1. The lowest BCUT2D eigenvalue weighted by molar-refractivity contribution is -0.113. The fraction of sp³-hybridized carbons (Fsp3) is 0.111. The number of carbonyl (C=O) groups excluding carboxylic acids is 1. The van der Waals surface area contributed by atoms with E-state index in [1.807, 2.05) is 47.2 Å². The molecular weight excluding hydrogens is 366 g/mol. The van der Waals surface area contributed by atoms with Crippen LogP contribution >= 0.6 is 23.5 Å². The van der Waals surface area contributed by atoms with Gasteiger partial charge >= 0.3 is 0 Å². The molecule has 0 atom stereocenters. The van der Waals surface area contributed by atoms with Gasteiger partial charge in [-0.3, -0.25) is 9.36 Å². The average molecular weight is 381 g/mol. The largest absolute Gasteiger partial charge is 0.323 e. The van der Waals surface area contributed by atoms with Crippen LogP contribution in [0.25, 0.3) is 16.7 Å². The minimum absolute atomic E-state index is 0.102. The highest BCUT2D eigenvalue weighted by molar-refractivity contribution is 7.99. The number of thioether (sulfide) groups is 1. The van der Waals surface area contributed by atoms with Crippen molar-refractivity contribution in [2.24, 2.45) is 0 Å². The third-order valence-corrected chi connectivity index (χ3v) is 5.38. The van der Waals surface area contributed by atoms with Gasteiger partial charge < -0.3 is 5.32 Å². The van der Waals surface area contributed by atoms with E-state index >= 15 is 0 Å². The van der Waals surface area contributed by atoms with Crippen LogP contribution < -0.4 is 5.32 Å². The lowest BCUT2D eigenvalue weighted by atomic mass is 10.2. The molecule has 2 aromatic heterocycles. The van der Waals surface area contributed by atoms with Crippen molar-refractivity contribution in [2.75, 3.05) is 11.1 Å². The molecule has 1 amide bonds. The quantitative estimate of drug-likeness (QED) is 0.531. The molecule has 0 saturated heterocycles. The summed E-state index contributed by atoms with van der Waals surface area (Å²) in [6, 6.07) is 13.7. The molecule has 2 heterocycles. The minimum atomic E-state index is -0.102. The van der Waals surface area contributed by atoms with E-state index < -0.39 is 0 Å². The first-order chi connectivity index (χ1) is 12.7. The molecule has 4 rings (SSSR count). The van der Waals surface area contributed by atoms with Gasteiger partial charge in [0.05, 0.1) is 28.9 Å². The predicted octanol–water partition coefficient (Wildman–Crippen LogP) is 3.92. The molecule has 4 aromatic rings. The normalized spacial score (nSPS) is 11.0. The van der Waals surface area contributed by atoms with Crippen LogP contribution in [0.15, 0.2) is 60.0 Å². The van der Waals surface area contributed by atoms with Crippen LogP contribution in [0.4, 0.5) is 5.69 Å². The van der Waals surface area contributed by atoms with Gasteiger partial charge in [-0.25, -0.2) is 4.98 Å². The summed E-state index contributed by atoms with van der Waals surface area (Å²) in [5.41, 5.74) is 4.41. The lowest BCUT2D eigenvalue weighted by Crippen LogP contribution is -2.14. The highest BCUT2D eigenvalue weighted by Crippen LogP contribution is 2.24. The standard InChI is InChI=1S/C18H15N5OS2/c1-12-5-2-3-8-15(12)23-10-9-19-18(23)25-11-16(24)20-13-6-4-7-14-17(13)22-26-21-14/h2-10H,11H2,1H3,(H,20,24). The van der Waals surface area contributed by atoms with E-state index in [1.54, 1.807) is 6.20 Å². The Kier molecular flexibility index (Phi) is 4.68. The number of imidazole rings is 1. The van der Waals surface area contributed by atoms with Gasteiger partial charge in [0.1, 0.15) is 11.0 Å². The van der Waals surface area contributed by atoms with Crippen molar-refractivity contribution < 1.29 is 4.79 Å². The van der Waals surface area contributed by atoms with Crippen molar-refractivity contribution in [2.45, 2.75) is 12.1 Å². The Labute approximate surface area is 158 Å². The third kappa shape index (κ3) is 3.33. The average Bonchev–Trinajstić information content (AvgIpc) is 3.30. The number of anilines is 1. The molecule has 0 bridgehead atoms. The van der Waals surface area contributed by atoms with E-state index in [2.05, 4.69) is 32.0 Å². The molecule has 0 aliphatic rings. The smallest absolute Gasteiger partial charge is 0.234 e. The molecule has 0 radical (unpaired) electrons. The number of nitrogens with one attached hydrogen (secondary N) is 1. The number of aromatic nitrogens is 4. The summed E-state index contributed by atoms with van der Waals surface area (Å²) in [6.07, 6.45) is 3.65. The summed E-state index contributed by atoms with van der Waals surface area (Å²) in [4.78, 5) is 16.8. The van der Waals surface area contributed by atoms with Gasteiger partial charge in [-0.2, -0.15) is 8.75 Å². The van der Waals surface area contributed by atoms with E-state index in [1.165, 1.54) is 11.8 Å². The monoisotopic (exact) mass is 381 g/mol. The van der Waals surface area contributed by atoms with Crippen LogP contribution in [-0.2, 0) is 4.79 Å². The predicted molar refractivity (Wildman–Crippen MR) is 105 cm³/mol. The molecule has 0 fully saturated rings. The second-order valence-corrected chi connectivity index (χ2v) is 7.11. The maximum atomic E-state index is 12.4. The Hall–Kier alpha value is -2.71. The zero-order chi connectivity index (χ0) is 17.9. The summed E-state index contributed by atoms with van der Waals surface area (Å²) in [5, 5.41) is 3.69. The Balaban J connectivity index is 1.47. The molecule has 0 unspecified atom stereocenters. The van der Waals surface area contributed by atoms with Crippen molar-refractivity contribution in [1.29, 1.82) is 0 Å². The number of hydrogen-bond donors (Lipinski definition) is 1. The molecular formula is C18H15N5OS2. The van der Waals surface area contributed by atoms with E-state index in [4.69, 9.17) is 0 Å². The second-order valence-electron chi connectivity index (χ2n) is 5.64. The first-order valence-electron chi connectivity index (χ1n) is 7.95. The minimum Gasteiger partial charge on any atom is -0.323 e. The van der Waals surface area contributed by atoms with Gasteiger partial charge in [-0.1, -0.05) is 36.0 Å². The number of aryl methyl sites for hydroxylation is 1. The fourth-order valence-corrected chi connectivity index (χ4v) is 3.95. The third-order valence-electron chi connectivity index (χ3n) is 3.87. The molecule has 0 spiro atoms. The number of benzene rings is 2. The van der Waals surface area contributed by atoms with Gasteiger partial charge in [-0.05, 0) is 30.7 Å². The van der Waals surface area contributed by atoms with Crippen molar-refractivity contribution in [3.05, 3.63) is 60.4 Å². The number of para-hydroxylation sites is 1. The van der Waals surface area contributed by atoms with E-state index in [0.717, 1.165) is 39.2 Å². The zero-order valence-electron chi connectivity index (χ0n) is 13.9. The van der Waals surface area contributed by atoms with E-state index in [0.29, 0.717) is 5.69 Å². The first kappa shape index (κ1) is 16.7. The van der Waals surface area contributed by atoms with Crippen LogP contribution in [0.2, 0.25) is 0 Å². The van der Waals surface area contributed by atoms with Crippen molar-refractivity contribution in [3.8, 4) is 5.69 Å². The Bertz CT molecular complexity index is 1070. The van der Waals surface area contributed by atoms with Gasteiger partial charge in [0, 0.05) is 12.4 Å². The van der Waals surface area contributed by atoms with E-state index in [9.17, 15) is 4.79 Å². The first-order valence-corrected chi connectivity index (χ1v) is 9.67. The Morgan fingerprint density at radius 2 is 2.08 bits per heavy atom. The Morgan fingerprint density at radius 1 is 1.19 bits per heavy atom. The van der Waals surface area contributed by atoms with Crippen molar-refractivity contribution in [3.63, 3.8) is 0 Å². The molecule has 8 heteroatoms. The molecule has 0 aliphatic carbocycles. The lowest BCUT2D eigenvalue weighted by Gasteiger charge is -2.10. The summed E-state index contributed by atoms with van der Waals surface area (Å²) < 4.78 is 10.4. The summed E-state index contributed by atoms with van der Waals surface area (Å²) in [5.74, 6) is 0.159. The van der Waals surface area contributed by atoms with Gasteiger partial charge in [0.15, 0.2) is 5.16 Å². The molecule has 0 aliphatic heterocycles. The molecule has 0 saturated carbocycles. The van der Waals surface area contributed by atoms with Crippen LogP contribution in [0.5, 0.6) is 0 Å². The maximum Gasteiger partial charge on any atom is 0.234 e. The highest BCUT2D eigenvalue weighted by atomic mass is 32.2. The second kappa shape index (κ2) is 7.27. The summed E-state index contributed by atoms with van der Waals surface area (Å²) in [6.45, 7) is 2.05. The SMILES string of the molecule is Cc1ccccc1-n1ccnc1SCC(=O)Nc1cccc2nsnc12. The van der Waals surface area contributed by atoms with Crippen LogP contribution in [0.3, 0.4) is 0 Å². The number of hydrogen-bond acceptors (Lipinski definition) is 6. The summed E-state index contributed by atoms with van der Waals surface area (Å²) in [7, 11) is 0. The fourth-order valence-electron chi connectivity index (χ4n) is 2.64. The van der Waals surface area contributed by atoms with E-state index in [-0.39, 0.29) is 11.7 Å². The molecule has 2 aromatic carbocycles. The van der Waals surface area contributed by atoms with Crippen LogP contribution in [-0.4, -0.2) is 30.0 Å². The molecule has 1 N–H and O–H groups in total. The number of nitrogens with zero attached hydrogens (tertiary/aromatic N) is 4. The topological polar surface area (TPSA) is 72.7 Å².